The zero-order valence-corrected chi connectivity index (χ0v) is 21.0. The zero-order valence-electron chi connectivity index (χ0n) is 21.0. The summed E-state index contributed by atoms with van der Waals surface area (Å²) in [5, 5.41) is 5.48. The molecule has 0 aromatic carbocycles. The topological polar surface area (TPSA) is 84.5 Å². The average Bonchev–Trinajstić information content (AvgIpc) is 2.66. The summed E-state index contributed by atoms with van der Waals surface area (Å²) >= 11 is 0. The summed E-state index contributed by atoms with van der Waals surface area (Å²) in [6, 6.07) is 0. The number of nitrogens with one attached hydrogen (secondary N) is 2. The quantitative estimate of drug-likeness (QED) is 0.293. The molecule has 0 aliphatic rings. The van der Waals surface area contributed by atoms with Crippen molar-refractivity contribution in [2.45, 2.75) is 86.7 Å². The van der Waals surface area contributed by atoms with E-state index in [1.54, 1.807) is 0 Å². The Balaban J connectivity index is 4.59. The van der Waals surface area contributed by atoms with Crippen LogP contribution in [0.1, 0.15) is 80.6 Å². The zero-order chi connectivity index (χ0) is 24.5. The third-order valence-corrected chi connectivity index (χ3v) is 4.63. The normalized spacial score (nSPS) is 12.5. The Morgan fingerprint density at radius 2 is 1.19 bits per heavy atom. The minimum atomic E-state index is -1.14. The van der Waals surface area contributed by atoms with Crippen molar-refractivity contribution in [3.63, 3.8) is 0 Å². The molecule has 0 fully saturated rings. The molecule has 2 amide bonds. The van der Waals surface area contributed by atoms with Crippen LogP contribution in [0, 0.1) is 0 Å². The highest BCUT2D eigenvalue weighted by atomic mass is 16.5. The van der Waals surface area contributed by atoms with Crippen molar-refractivity contribution in [2.24, 2.45) is 0 Å². The molecular weight excluding hydrogens is 404 g/mol. The highest BCUT2D eigenvalue weighted by molar-refractivity contribution is 5.89. The molecule has 0 radical (unpaired) electrons. The smallest absolute Gasteiger partial charge is 0.303 e. The van der Waals surface area contributed by atoms with Gasteiger partial charge in [0.1, 0.15) is 0 Å². The standard InChI is InChI=1S/C26H42N2O4/c1-19(2)10-8-12-21(5)14-16-27-25(30)18-24(32-23(7)29)26(31)28-17-15-22(6)13-9-11-20(3)4/h10-11,14-15,24H,8-9,12-13,16-18H2,1-7H3,(H,27,30)(H,28,31)/b21-14+,22-15+. The largest absolute Gasteiger partial charge is 0.452 e. The Labute approximate surface area is 194 Å². The van der Waals surface area contributed by atoms with Crippen LogP contribution in [0.15, 0.2) is 46.6 Å². The van der Waals surface area contributed by atoms with E-state index in [9.17, 15) is 14.4 Å². The summed E-state index contributed by atoms with van der Waals surface area (Å²) in [4.78, 5) is 36.1. The first kappa shape index (κ1) is 29.4. The van der Waals surface area contributed by atoms with Crippen molar-refractivity contribution in [1.82, 2.24) is 10.6 Å². The number of carbonyl (C=O) groups is 3. The predicted molar refractivity (Wildman–Crippen MR) is 131 cm³/mol. The lowest BCUT2D eigenvalue weighted by molar-refractivity contribution is -0.155. The molecule has 1 atom stereocenters. The third kappa shape index (κ3) is 17.1. The lowest BCUT2D eigenvalue weighted by Gasteiger charge is -2.16. The van der Waals surface area contributed by atoms with Crippen LogP contribution in [-0.2, 0) is 19.1 Å². The Kier molecular flexibility index (Phi) is 15.6. The molecule has 0 spiro atoms. The lowest BCUT2D eigenvalue weighted by atomic mass is 10.1. The molecule has 0 aliphatic heterocycles. The van der Waals surface area contributed by atoms with Crippen molar-refractivity contribution >= 4 is 17.8 Å². The summed E-state index contributed by atoms with van der Waals surface area (Å²) < 4.78 is 5.07. The lowest BCUT2D eigenvalue weighted by Crippen LogP contribution is -2.41. The first-order valence-electron chi connectivity index (χ1n) is 11.3. The number of carbonyl (C=O) groups excluding carboxylic acids is 3. The SMILES string of the molecule is CC(=O)OC(CC(=O)NC/C=C(\C)CCC=C(C)C)C(=O)NC/C=C(\C)CCC=C(C)C. The van der Waals surface area contributed by atoms with Crippen LogP contribution in [-0.4, -0.2) is 37.0 Å². The number of rotatable bonds is 14. The molecule has 0 heterocycles. The predicted octanol–water partition coefficient (Wildman–Crippen LogP) is 4.93. The van der Waals surface area contributed by atoms with Crippen LogP contribution in [0.4, 0.5) is 0 Å². The van der Waals surface area contributed by atoms with Gasteiger partial charge in [-0.25, -0.2) is 0 Å². The fourth-order valence-corrected chi connectivity index (χ4v) is 2.79. The van der Waals surface area contributed by atoms with E-state index >= 15 is 0 Å². The number of hydrogen-bond donors (Lipinski definition) is 2. The number of ether oxygens (including phenoxy) is 1. The maximum absolute atomic E-state index is 12.4. The number of esters is 1. The van der Waals surface area contributed by atoms with Gasteiger partial charge in [-0.3, -0.25) is 14.4 Å². The second kappa shape index (κ2) is 17.0. The highest BCUT2D eigenvalue weighted by Gasteiger charge is 2.24. The van der Waals surface area contributed by atoms with Gasteiger partial charge in [0.25, 0.3) is 5.91 Å². The van der Waals surface area contributed by atoms with Crippen molar-refractivity contribution in [2.75, 3.05) is 13.1 Å². The van der Waals surface area contributed by atoms with Gasteiger partial charge < -0.3 is 15.4 Å². The van der Waals surface area contributed by atoms with E-state index in [-0.39, 0.29) is 12.3 Å². The van der Waals surface area contributed by atoms with Gasteiger partial charge in [-0.1, -0.05) is 46.6 Å². The first-order chi connectivity index (χ1) is 15.0. The second-order valence-electron chi connectivity index (χ2n) is 8.59. The molecule has 32 heavy (non-hydrogen) atoms. The minimum absolute atomic E-state index is 0.209. The Morgan fingerprint density at radius 1 is 0.719 bits per heavy atom. The molecule has 0 saturated carbocycles. The van der Waals surface area contributed by atoms with Gasteiger partial charge in [0.2, 0.25) is 5.91 Å². The first-order valence-corrected chi connectivity index (χ1v) is 11.3. The van der Waals surface area contributed by atoms with Gasteiger partial charge in [0, 0.05) is 20.0 Å². The van der Waals surface area contributed by atoms with E-state index in [0.29, 0.717) is 13.1 Å². The molecular formula is C26H42N2O4. The fourth-order valence-electron chi connectivity index (χ4n) is 2.79. The van der Waals surface area contributed by atoms with E-state index in [1.807, 2.05) is 26.0 Å². The van der Waals surface area contributed by atoms with Crippen LogP contribution in [0.25, 0.3) is 0 Å². The number of amides is 2. The maximum atomic E-state index is 12.4. The van der Waals surface area contributed by atoms with Crippen molar-refractivity contribution in [3.8, 4) is 0 Å². The van der Waals surface area contributed by atoms with Gasteiger partial charge in [-0.15, -0.1) is 0 Å². The van der Waals surface area contributed by atoms with Gasteiger partial charge in [-0.2, -0.15) is 0 Å². The van der Waals surface area contributed by atoms with E-state index in [0.717, 1.165) is 31.3 Å². The number of hydrogen-bond acceptors (Lipinski definition) is 4. The fraction of sp³-hybridized carbons (Fsp3) is 0.577. The molecule has 180 valence electrons. The molecule has 0 aromatic heterocycles. The van der Waals surface area contributed by atoms with Crippen molar-refractivity contribution in [3.05, 3.63) is 46.6 Å². The molecule has 1 unspecified atom stereocenters. The molecule has 0 aliphatic carbocycles. The van der Waals surface area contributed by atoms with E-state index in [4.69, 9.17) is 4.74 Å². The van der Waals surface area contributed by atoms with Crippen LogP contribution < -0.4 is 10.6 Å². The summed E-state index contributed by atoms with van der Waals surface area (Å²) in [6.07, 6.45) is 10.7. The van der Waals surface area contributed by atoms with Gasteiger partial charge in [0.05, 0.1) is 6.42 Å². The summed E-state index contributed by atoms with van der Waals surface area (Å²) in [6.45, 7) is 14.2. The van der Waals surface area contributed by atoms with Gasteiger partial charge >= 0.3 is 5.97 Å². The maximum Gasteiger partial charge on any atom is 0.303 e. The Hall–Kier alpha value is -2.63. The van der Waals surface area contributed by atoms with E-state index in [1.165, 1.54) is 23.6 Å². The van der Waals surface area contributed by atoms with Crippen LogP contribution in [0.2, 0.25) is 0 Å². The monoisotopic (exact) mass is 446 g/mol. The minimum Gasteiger partial charge on any atom is -0.452 e. The average molecular weight is 447 g/mol. The molecule has 0 bridgehead atoms. The van der Waals surface area contributed by atoms with Gasteiger partial charge in [0.15, 0.2) is 6.10 Å². The van der Waals surface area contributed by atoms with Crippen LogP contribution >= 0.6 is 0 Å². The van der Waals surface area contributed by atoms with Crippen molar-refractivity contribution in [1.29, 1.82) is 0 Å². The third-order valence-electron chi connectivity index (χ3n) is 4.63. The summed E-state index contributed by atoms with van der Waals surface area (Å²) in [5.74, 6) is -1.41. The van der Waals surface area contributed by atoms with Crippen LogP contribution in [0.5, 0.6) is 0 Å². The molecule has 6 nitrogen and oxygen atoms in total. The molecule has 0 aromatic rings. The number of allylic oxidation sites excluding steroid dienone is 6. The molecule has 6 heteroatoms. The Bertz CT molecular complexity index is 737. The second-order valence-corrected chi connectivity index (χ2v) is 8.59. The molecule has 2 N–H and O–H groups in total. The van der Waals surface area contributed by atoms with E-state index < -0.39 is 18.0 Å². The van der Waals surface area contributed by atoms with Gasteiger partial charge in [-0.05, 0) is 67.2 Å². The Morgan fingerprint density at radius 3 is 1.62 bits per heavy atom. The molecule has 0 rings (SSSR count). The van der Waals surface area contributed by atoms with Crippen molar-refractivity contribution < 1.29 is 19.1 Å². The summed E-state index contributed by atoms with van der Waals surface area (Å²) in [5.41, 5.74) is 4.92. The molecule has 0 saturated heterocycles. The van der Waals surface area contributed by atoms with Crippen LogP contribution in [0.3, 0.4) is 0 Å². The summed E-state index contributed by atoms with van der Waals surface area (Å²) in [7, 11) is 0. The highest BCUT2D eigenvalue weighted by Crippen LogP contribution is 2.07. The van der Waals surface area contributed by atoms with E-state index in [2.05, 4.69) is 50.5 Å².